The highest BCUT2D eigenvalue weighted by molar-refractivity contribution is 5.81. The first kappa shape index (κ1) is 31.2. The Labute approximate surface area is 246 Å². The van der Waals surface area contributed by atoms with E-state index in [2.05, 4.69) is 33.8 Å². The lowest BCUT2D eigenvalue weighted by Gasteiger charge is -2.72. The number of aliphatic hydroxyl groups is 5. The molecule has 3 unspecified atom stereocenters. The molecule has 12 atom stereocenters. The van der Waals surface area contributed by atoms with Crippen molar-refractivity contribution in [1.82, 2.24) is 0 Å². The number of hydrogen-bond donors (Lipinski definition) is 5. The van der Waals surface area contributed by atoms with Gasteiger partial charge in [-0.25, -0.2) is 4.79 Å². The van der Waals surface area contributed by atoms with Crippen LogP contribution in [0.2, 0.25) is 0 Å². The van der Waals surface area contributed by atoms with Crippen LogP contribution in [0.5, 0.6) is 0 Å². The van der Waals surface area contributed by atoms with Crippen molar-refractivity contribution in [2.75, 3.05) is 13.2 Å². The molecule has 7 heteroatoms. The largest absolute Gasteiger partial charge is 0.462 e. The Morgan fingerprint density at radius 2 is 1.63 bits per heavy atom. The van der Waals surface area contributed by atoms with E-state index >= 15 is 0 Å². The molecule has 0 saturated heterocycles. The monoisotopic (exact) mass is 574 g/mol. The summed E-state index contributed by atoms with van der Waals surface area (Å²) in [7, 11) is 0. The number of esters is 1. The number of carbonyl (C=O) groups is 1. The van der Waals surface area contributed by atoms with Crippen LogP contribution in [0.1, 0.15) is 93.4 Å². The zero-order chi connectivity index (χ0) is 30.4. The fraction of sp³-hybridized carbons (Fsp3) is 0.853. The molecule has 5 rings (SSSR count). The summed E-state index contributed by atoms with van der Waals surface area (Å²) >= 11 is 0. The molecular formula is C34H54O7. The average molecular weight is 575 g/mol. The van der Waals surface area contributed by atoms with Crippen molar-refractivity contribution in [3.05, 3.63) is 23.8 Å². The fourth-order valence-electron chi connectivity index (χ4n) is 11.3. The van der Waals surface area contributed by atoms with Gasteiger partial charge in [0.25, 0.3) is 0 Å². The molecule has 4 saturated carbocycles. The molecule has 0 aliphatic heterocycles. The molecule has 5 aliphatic rings. The number of aliphatic hydroxyl groups excluding tert-OH is 5. The number of ether oxygens (including phenoxy) is 1. The molecule has 41 heavy (non-hydrogen) atoms. The first-order valence-corrected chi connectivity index (χ1v) is 15.8. The van der Waals surface area contributed by atoms with E-state index in [4.69, 9.17) is 4.74 Å². The summed E-state index contributed by atoms with van der Waals surface area (Å²) in [6, 6.07) is 0. The maximum atomic E-state index is 12.3. The third kappa shape index (κ3) is 3.97. The average Bonchev–Trinajstić information content (AvgIpc) is 2.89. The van der Waals surface area contributed by atoms with E-state index < -0.39 is 40.7 Å². The molecule has 0 aromatic heterocycles. The molecule has 0 aromatic rings. The Hall–Kier alpha value is -1.25. The zero-order valence-electron chi connectivity index (χ0n) is 26.2. The molecule has 0 spiro atoms. The van der Waals surface area contributed by atoms with Gasteiger partial charge in [0.15, 0.2) is 0 Å². The standard InChI is InChI=1S/C34H54O7/c1-8-9-26(38)41-19-31(5)22-12-15-32(6)23(30(22,4)14-13-24(31)36)11-10-20-21-16-29(2,3)27(39)28(40)34(21,18-35)25(37)17-33(20,32)7/h8-10,21-25,27-28,35-37,39-40H,11-19H2,1-7H3/t21?,22?,23?,24-,25+,27-,28-,30-,31+,32+,33+,34-/m0/s1. The molecule has 5 N–H and O–H groups in total. The van der Waals surface area contributed by atoms with E-state index in [0.717, 1.165) is 25.7 Å². The van der Waals surface area contributed by atoms with Gasteiger partial charge in [-0.15, -0.1) is 0 Å². The maximum Gasteiger partial charge on any atom is 0.330 e. The van der Waals surface area contributed by atoms with E-state index in [1.54, 1.807) is 13.0 Å². The van der Waals surface area contributed by atoms with Gasteiger partial charge < -0.3 is 30.3 Å². The van der Waals surface area contributed by atoms with Crippen molar-refractivity contribution < 1.29 is 35.1 Å². The smallest absolute Gasteiger partial charge is 0.330 e. The van der Waals surface area contributed by atoms with Gasteiger partial charge >= 0.3 is 5.97 Å². The lowest BCUT2D eigenvalue weighted by Crippen LogP contribution is -2.71. The molecule has 232 valence electrons. The van der Waals surface area contributed by atoms with E-state index in [1.807, 2.05) is 13.8 Å². The summed E-state index contributed by atoms with van der Waals surface area (Å²) in [6.45, 7) is 14.7. The Balaban J connectivity index is 1.56. The SMILES string of the molecule is CC=CC(=O)OC[C@]1(C)C2CC[C@]3(C)C(CC=C4C5CC(C)(C)[C@@H](O)[C@H](O)[C@]5(CO)[C@H](O)C[C@]43C)[C@@]2(C)CC[C@@H]1O. The van der Waals surface area contributed by atoms with Crippen molar-refractivity contribution in [2.24, 2.45) is 50.2 Å². The molecule has 5 aliphatic carbocycles. The number of allylic oxidation sites excluding steroid dienone is 3. The summed E-state index contributed by atoms with van der Waals surface area (Å²) in [4.78, 5) is 12.3. The summed E-state index contributed by atoms with van der Waals surface area (Å²) < 4.78 is 5.69. The van der Waals surface area contributed by atoms with Gasteiger partial charge in [-0.05, 0) is 91.3 Å². The highest BCUT2D eigenvalue weighted by Crippen LogP contribution is 2.75. The predicted octanol–water partition coefficient (Wildman–Crippen LogP) is 4.15. The Bertz CT molecular complexity index is 1110. The lowest BCUT2D eigenvalue weighted by atomic mass is 9.33. The normalized spacial score (nSPS) is 52.5. The Kier molecular flexibility index (Phi) is 7.52. The third-order valence-corrected chi connectivity index (χ3v) is 14.0. The highest BCUT2D eigenvalue weighted by atomic mass is 16.5. The Morgan fingerprint density at radius 1 is 0.951 bits per heavy atom. The number of hydrogen-bond acceptors (Lipinski definition) is 7. The van der Waals surface area contributed by atoms with E-state index in [9.17, 15) is 30.3 Å². The summed E-state index contributed by atoms with van der Waals surface area (Å²) in [5, 5.41) is 56.4. The van der Waals surface area contributed by atoms with E-state index in [1.165, 1.54) is 11.6 Å². The van der Waals surface area contributed by atoms with Crippen LogP contribution in [0.4, 0.5) is 0 Å². The van der Waals surface area contributed by atoms with Crippen LogP contribution in [0.3, 0.4) is 0 Å². The van der Waals surface area contributed by atoms with Crippen molar-refractivity contribution in [3.63, 3.8) is 0 Å². The number of fused-ring (bicyclic) bond motifs is 7. The minimum Gasteiger partial charge on any atom is -0.462 e. The van der Waals surface area contributed by atoms with Crippen LogP contribution < -0.4 is 0 Å². The molecule has 0 bridgehead atoms. The highest BCUT2D eigenvalue weighted by Gasteiger charge is 2.72. The van der Waals surface area contributed by atoms with Gasteiger partial charge in [0, 0.05) is 11.5 Å². The maximum absolute atomic E-state index is 12.3. The molecular weight excluding hydrogens is 520 g/mol. The van der Waals surface area contributed by atoms with Gasteiger partial charge in [0.1, 0.15) is 0 Å². The molecule has 0 amide bonds. The number of rotatable bonds is 4. The molecule has 0 radical (unpaired) electrons. The molecule has 0 heterocycles. The van der Waals surface area contributed by atoms with Crippen molar-refractivity contribution in [1.29, 1.82) is 0 Å². The van der Waals surface area contributed by atoms with Gasteiger partial charge in [-0.1, -0.05) is 59.3 Å². The molecule has 4 fully saturated rings. The van der Waals surface area contributed by atoms with Crippen molar-refractivity contribution in [3.8, 4) is 0 Å². The molecule has 0 aromatic carbocycles. The topological polar surface area (TPSA) is 127 Å². The van der Waals surface area contributed by atoms with Crippen LogP contribution in [0, 0.1) is 50.2 Å². The minimum absolute atomic E-state index is 0.100. The lowest BCUT2D eigenvalue weighted by molar-refractivity contribution is -0.259. The first-order valence-electron chi connectivity index (χ1n) is 15.8. The quantitative estimate of drug-likeness (QED) is 0.194. The Morgan fingerprint density at radius 3 is 2.27 bits per heavy atom. The van der Waals surface area contributed by atoms with Gasteiger partial charge in [0.2, 0.25) is 0 Å². The number of carbonyl (C=O) groups excluding carboxylic acids is 1. The van der Waals surface area contributed by atoms with Crippen LogP contribution in [0.25, 0.3) is 0 Å². The van der Waals surface area contributed by atoms with Gasteiger partial charge in [-0.2, -0.15) is 0 Å². The summed E-state index contributed by atoms with van der Waals surface area (Å²) in [5.41, 5.74) is -1.67. The van der Waals surface area contributed by atoms with Crippen LogP contribution >= 0.6 is 0 Å². The third-order valence-electron chi connectivity index (χ3n) is 14.0. The van der Waals surface area contributed by atoms with Crippen LogP contribution in [-0.4, -0.2) is 69.1 Å². The van der Waals surface area contributed by atoms with Crippen molar-refractivity contribution >= 4 is 5.97 Å². The summed E-state index contributed by atoms with van der Waals surface area (Å²) in [6.07, 6.45) is 6.92. The van der Waals surface area contributed by atoms with Crippen LogP contribution in [0.15, 0.2) is 23.8 Å². The summed E-state index contributed by atoms with van der Waals surface area (Å²) in [5.74, 6) is -0.147. The van der Waals surface area contributed by atoms with E-state index in [0.29, 0.717) is 25.2 Å². The zero-order valence-corrected chi connectivity index (χ0v) is 26.2. The van der Waals surface area contributed by atoms with Gasteiger partial charge in [0.05, 0.1) is 43.0 Å². The van der Waals surface area contributed by atoms with Crippen LogP contribution in [-0.2, 0) is 9.53 Å². The second-order valence-electron chi connectivity index (χ2n) is 16.1. The second kappa shape index (κ2) is 9.88. The van der Waals surface area contributed by atoms with Gasteiger partial charge in [-0.3, -0.25) is 0 Å². The van der Waals surface area contributed by atoms with E-state index in [-0.39, 0.29) is 47.3 Å². The molecule has 7 nitrogen and oxygen atoms in total. The fourth-order valence-corrected chi connectivity index (χ4v) is 11.3. The first-order chi connectivity index (χ1) is 19.0. The minimum atomic E-state index is -1.22. The second-order valence-corrected chi connectivity index (χ2v) is 16.1. The van der Waals surface area contributed by atoms with Crippen molar-refractivity contribution in [2.45, 2.75) is 118 Å². The predicted molar refractivity (Wildman–Crippen MR) is 156 cm³/mol.